The molecule has 0 spiro atoms. The average Bonchev–Trinajstić information content (AvgIpc) is 2.46. The Hall–Kier alpha value is -2.54. The maximum Gasteiger partial charge on any atom is 0.229 e. The molecule has 0 aliphatic carbocycles. The number of anilines is 3. The van der Waals surface area contributed by atoms with Gasteiger partial charge in [0.1, 0.15) is 5.82 Å². The first-order valence-corrected chi connectivity index (χ1v) is 5.96. The predicted molar refractivity (Wildman–Crippen MR) is 75.8 cm³/mol. The lowest BCUT2D eigenvalue weighted by molar-refractivity contribution is -0.138. The molecule has 2 aromatic rings. The normalized spacial score (nSPS) is 10.0. The van der Waals surface area contributed by atoms with Crippen molar-refractivity contribution in [3.05, 3.63) is 30.0 Å². The first-order valence-electron chi connectivity index (χ1n) is 5.96. The van der Waals surface area contributed by atoms with Crippen molar-refractivity contribution in [2.45, 2.75) is 6.92 Å². The van der Waals surface area contributed by atoms with Crippen molar-refractivity contribution in [3.63, 3.8) is 0 Å². The van der Waals surface area contributed by atoms with Gasteiger partial charge in [-0.1, -0.05) is 0 Å². The molecule has 1 aromatic carbocycles. The number of aromatic nitrogens is 2. The van der Waals surface area contributed by atoms with Crippen LogP contribution < -0.4 is 20.3 Å². The van der Waals surface area contributed by atoms with Crippen LogP contribution in [0.25, 0.3) is 0 Å². The van der Waals surface area contributed by atoms with Crippen LogP contribution in [-0.4, -0.2) is 29.4 Å². The van der Waals surface area contributed by atoms with E-state index in [1.54, 1.807) is 25.2 Å². The Morgan fingerprint density at radius 3 is 2.60 bits per heavy atom. The van der Waals surface area contributed by atoms with Crippen molar-refractivity contribution in [1.29, 1.82) is 0 Å². The van der Waals surface area contributed by atoms with Gasteiger partial charge in [0.2, 0.25) is 11.7 Å². The zero-order chi connectivity index (χ0) is 14.5. The molecule has 0 saturated carbocycles. The maximum absolute atomic E-state index is 8.82. The third kappa shape index (κ3) is 3.07. The van der Waals surface area contributed by atoms with Gasteiger partial charge in [-0.05, 0) is 19.1 Å². The quantitative estimate of drug-likeness (QED) is 0.571. The lowest BCUT2D eigenvalue weighted by Gasteiger charge is -2.10. The number of hydrogen-bond donors (Lipinski definition) is 3. The molecule has 20 heavy (non-hydrogen) atoms. The molecule has 0 amide bonds. The van der Waals surface area contributed by atoms with Gasteiger partial charge in [-0.2, -0.15) is 4.98 Å². The molecule has 0 aliphatic heterocycles. The molecular weight excluding hydrogens is 260 g/mol. The number of aryl methyl sites for hydroxylation is 1. The molecule has 2 rings (SSSR count). The Kier molecular flexibility index (Phi) is 4.21. The van der Waals surface area contributed by atoms with Gasteiger partial charge in [0.15, 0.2) is 5.75 Å². The minimum atomic E-state index is 0.207. The second-order valence-corrected chi connectivity index (χ2v) is 4.05. The fraction of sp³-hybridized carbons (Fsp3) is 0.231. The van der Waals surface area contributed by atoms with Crippen LogP contribution in [0.2, 0.25) is 0 Å². The third-order valence-corrected chi connectivity index (χ3v) is 2.63. The van der Waals surface area contributed by atoms with Crippen molar-refractivity contribution in [2.75, 3.05) is 24.8 Å². The Morgan fingerprint density at radius 2 is 1.95 bits per heavy atom. The molecule has 1 heterocycles. The summed E-state index contributed by atoms with van der Waals surface area (Å²) in [5, 5.41) is 14.8. The van der Waals surface area contributed by atoms with Crippen LogP contribution in [0.5, 0.6) is 11.5 Å². The van der Waals surface area contributed by atoms with E-state index in [9.17, 15) is 0 Å². The summed E-state index contributed by atoms with van der Waals surface area (Å²) in [7, 11) is 3.28. The van der Waals surface area contributed by atoms with Gasteiger partial charge < -0.3 is 20.3 Å². The number of nitrogens with zero attached hydrogens (tertiary/aromatic N) is 2. The van der Waals surface area contributed by atoms with Crippen LogP contribution >= 0.6 is 0 Å². The van der Waals surface area contributed by atoms with Gasteiger partial charge >= 0.3 is 0 Å². The van der Waals surface area contributed by atoms with Gasteiger partial charge in [0.25, 0.3) is 0 Å². The summed E-state index contributed by atoms with van der Waals surface area (Å²) in [5.74, 6) is 1.80. The van der Waals surface area contributed by atoms with Crippen molar-refractivity contribution in [2.24, 2.45) is 0 Å². The Labute approximate surface area is 116 Å². The Balaban J connectivity index is 2.27. The topological polar surface area (TPSA) is 88.5 Å². The molecule has 106 valence electrons. The number of benzene rings is 1. The van der Waals surface area contributed by atoms with Crippen LogP contribution in [0.1, 0.15) is 5.69 Å². The van der Waals surface area contributed by atoms with E-state index in [0.29, 0.717) is 23.2 Å². The SMILES string of the molecule is CNc1cc(C)nc(Nc2ccc(OC)c(OO)c2)n1. The van der Waals surface area contributed by atoms with Crippen LogP contribution in [0.15, 0.2) is 24.3 Å². The average molecular weight is 276 g/mol. The molecule has 0 unspecified atom stereocenters. The predicted octanol–water partition coefficient (Wildman–Crippen LogP) is 2.43. The monoisotopic (exact) mass is 276 g/mol. The van der Waals surface area contributed by atoms with Gasteiger partial charge in [-0.15, -0.1) is 0 Å². The van der Waals surface area contributed by atoms with E-state index in [2.05, 4.69) is 25.5 Å². The van der Waals surface area contributed by atoms with Crippen molar-refractivity contribution < 1.29 is 14.9 Å². The van der Waals surface area contributed by atoms with E-state index in [1.807, 2.05) is 13.0 Å². The lowest BCUT2D eigenvalue weighted by Crippen LogP contribution is -2.02. The van der Waals surface area contributed by atoms with E-state index >= 15 is 0 Å². The number of ether oxygens (including phenoxy) is 1. The van der Waals surface area contributed by atoms with Crippen LogP contribution in [0.3, 0.4) is 0 Å². The van der Waals surface area contributed by atoms with Gasteiger partial charge in [-0.3, -0.25) is 0 Å². The van der Waals surface area contributed by atoms with E-state index < -0.39 is 0 Å². The summed E-state index contributed by atoms with van der Waals surface area (Å²) in [5.41, 5.74) is 1.50. The minimum absolute atomic E-state index is 0.207. The summed E-state index contributed by atoms with van der Waals surface area (Å²) in [4.78, 5) is 12.8. The molecule has 1 aromatic heterocycles. The maximum atomic E-state index is 8.82. The highest BCUT2D eigenvalue weighted by Crippen LogP contribution is 2.30. The summed E-state index contributed by atoms with van der Waals surface area (Å²) >= 11 is 0. The molecular formula is C13H16N4O3. The zero-order valence-electron chi connectivity index (χ0n) is 11.5. The molecule has 0 atom stereocenters. The molecule has 0 aliphatic rings. The van der Waals surface area contributed by atoms with Gasteiger partial charge in [0, 0.05) is 30.6 Å². The number of methoxy groups -OCH3 is 1. The first kappa shape index (κ1) is 13.9. The fourth-order valence-corrected chi connectivity index (χ4v) is 1.71. The Bertz CT molecular complexity index is 604. The molecule has 7 heteroatoms. The molecule has 3 N–H and O–H groups in total. The zero-order valence-corrected chi connectivity index (χ0v) is 11.5. The highest BCUT2D eigenvalue weighted by molar-refractivity contribution is 5.60. The van der Waals surface area contributed by atoms with Crippen molar-refractivity contribution in [3.8, 4) is 11.5 Å². The lowest BCUT2D eigenvalue weighted by atomic mass is 10.3. The minimum Gasteiger partial charge on any atom is -0.493 e. The Morgan fingerprint density at radius 1 is 1.15 bits per heavy atom. The molecule has 0 saturated heterocycles. The van der Waals surface area contributed by atoms with Crippen LogP contribution in [0.4, 0.5) is 17.5 Å². The van der Waals surface area contributed by atoms with Gasteiger partial charge in [-0.25, -0.2) is 10.2 Å². The van der Waals surface area contributed by atoms with E-state index in [0.717, 1.165) is 5.69 Å². The summed E-state index contributed by atoms with van der Waals surface area (Å²) in [6.07, 6.45) is 0. The highest BCUT2D eigenvalue weighted by Gasteiger charge is 2.07. The van der Waals surface area contributed by atoms with E-state index in [1.165, 1.54) is 7.11 Å². The number of hydrogen-bond acceptors (Lipinski definition) is 7. The highest BCUT2D eigenvalue weighted by atomic mass is 17.1. The molecule has 7 nitrogen and oxygen atoms in total. The standard InChI is InChI=1S/C13H16N4O3/c1-8-6-12(14-2)17-13(15-8)16-9-4-5-10(19-3)11(7-9)20-18/h4-7,18H,1-3H3,(H2,14,15,16,17). The van der Waals surface area contributed by atoms with Gasteiger partial charge in [0.05, 0.1) is 7.11 Å². The van der Waals surface area contributed by atoms with Crippen molar-refractivity contribution >= 4 is 17.5 Å². The fourth-order valence-electron chi connectivity index (χ4n) is 1.71. The summed E-state index contributed by atoms with van der Waals surface area (Å²) in [6.45, 7) is 1.88. The molecule has 0 bridgehead atoms. The summed E-state index contributed by atoms with van der Waals surface area (Å²) in [6, 6.07) is 6.86. The number of rotatable bonds is 5. The smallest absolute Gasteiger partial charge is 0.229 e. The van der Waals surface area contributed by atoms with Crippen LogP contribution in [-0.2, 0) is 0 Å². The van der Waals surface area contributed by atoms with E-state index in [-0.39, 0.29) is 5.75 Å². The van der Waals surface area contributed by atoms with Crippen LogP contribution in [0, 0.1) is 6.92 Å². The second-order valence-electron chi connectivity index (χ2n) is 4.05. The molecule has 0 radical (unpaired) electrons. The molecule has 0 fully saturated rings. The third-order valence-electron chi connectivity index (χ3n) is 2.63. The van der Waals surface area contributed by atoms with Crippen molar-refractivity contribution in [1.82, 2.24) is 9.97 Å². The second kappa shape index (κ2) is 6.07. The van der Waals surface area contributed by atoms with E-state index in [4.69, 9.17) is 9.99 Å². The largest absolute Gasteiger partial charge is 0.493 e. The first-order chi connectivity index (χ1) is 9.66. The number of nitrogens with one attached hydrogen (secondary N) is 2. The summed E-state index contributed by atoms with van der Waals surface area (Å²) < 4.78 is 5.04.